The zero-order valence-electron chi connectivity index (χ0n) is 7.49. The molecule has 12 heavy (non-hydrogen) atoms. The number of furan rings is 1. The molecular formula is C10H16OS. The molecule has 2 heteroatoms. The minimum Gasteiger partial charge on any atom is -0.468 e. The summed E-state index contributed by atoms with van der Waals surface area (Å²) >= 11 is 4.46. The molecule has 1 atom stereocenters. The molecule has 0 radical (unpaired) electrons. The van der Waals surface area contributed by atoms with E-state index in [0.717, 1.165) is 12.2 Å². The molecule has 0 amide bonds. The van der Waals surface area contributed by atoms with Crippen LogP contribution in [0.25, 0.3) is 0 Å². The van der Waals surface area contributed by atoms with Gasteiger partial charge in [-0.15, -0.1) is 0 Å². The van der Waals surface area contributed by atoms with Gasteiger partial charge >= 0.3 is 0 Å². The van der Waals surface area contributed by atoms with E-state index in [2.05, 4.69) is 19.6 Å². The Labute approximate surface area is 79.6 Å². The van der Waals surface area contributed by atoms with Gasteiger partial charge in [-0.25, -0.2) is 0 Å². The summed E-state index contributed by atoms with van der Waals surface area (Å²) in [6.45, 7) is 2.21. The Kier molecular flexibility index (Phi) is 4.30. The summed E-state index contributed by atoms with van der Waals surface area (Å²) in [6, 6.07) is 3.90. The molecule has 68 valence electrons. The molecule has 0 aliphatic heterocycles. The molecular weight excluding hydrogens is 168 g/mol. The molecule has 0 fully saturated rings. The van der Waals surface area contributed by atoms with Gasteiger partial charge in [0, 0.05) is 0 Å². The fourth-order valence-electron chi connectivity index (χ4n) is 1.21. The van der Waals surface area contributed by atoms with Crippen LogP contribution in [0.3, 0.4) is 0 Å². The van der Waals surface area contributed by atoms with Crippen LogP contribution < -0.4 is 0 Å². The Hall–Kier alpha value is -0.370. The van der Waals surface area contributed by atoms with E-state index in [1.165, 1.54) is 19.3 Å². The van der Waals surface area contributed by atoms with E-state index in [4.69, 9.17) is 4.42 Å². The molecule has 0 saturated carbocycles. The second kappa shape index (κ2) is 5.31. The first-order chi connectivity index (χ1) is 5.84. The van der Waals surface area contributed by atoms with Crippen LogP contribution in [0.15, 0.2) is 22.8 Å². The fraction of sp³-hybridized carbons (Fsp3) is 0.600. The van der Waals surface area contributed by atoms with Crippen LogP contribution in [0.1, 0.15) is 43.6 Å². The van der Waals surface area contributed by atoms with Crippen LogP contribution in [0.5, 0.6) is 0 Å². The van der Waals surface area contributed by atoms with Crippen LogP contribution in [0, 0.1) is 0 Å². The summed E-state index contributed by atoms with van der Waals surface area (Å²) in [5, 5.41) is 0.284. The average Bonchev–Trinajstić information content (AvgIpc) is 2.56. The molecule has 0 aromatic carbocycles. The topological polar surface area (TPSA) is 13.1 Å². The maximum Gasteiger partial charge on any atom is 0.116 e. The predicted octanol–water partition coefficient (Wildman–Crippen LogP) is 3.83. The largest absolute Gasteiger partial charge is 0.468 e. The third-order valence-electron chi connectivity index (χ3n) is 1.95. The van der Waals surface area contributed by atoms with Gasteiger partial charge < -0.3 is 4.42 Å². The second-order valence-electron chi connectivity index (χ2n) is 3.03. The van der Waals surface area contributed by atoms with Crippen molar-refractivity contribution in [3.8, 4) is 0 Å². The van der Waals surface area contributed by atoms with Crippen LogP contribution in [-0.2, 0) is 0 Å². The number of unbranched alkanes of at least 4 members (excludes halogenated alkanes) is 2. The Morgan fingerprint density at radius 1 is 1.50 bits per heavy atom. The lowest BCUT2D eigenvalue weighted by molar-refractivity contribution is 0.490. The maximum atomic E-state index is 5.25. The van der Waals surface area contributed by atoms with E-state index in [9.17, 15) is 0 Å². The zero-order valence-corrected chi connectivity index (χ0v) is 8.39. The molecule has 1 heterocycles. The van der Waals surface area contributed by atoms with Gasteiger partial charge in [-0.05, 0) is 18.6 Å². The SMILES string of the molecule is CCCCCC(S)c1ccco1. The highest BCUT2D eigenvalue weighted by molar-refractivity contribution is 7.80. The van der Waals surface area contributed by atoms with Crippen molar-refractivity contribution < 1.29 is 4.42 Å². The van der Waals surface area contributed by atoms with Gasteiger partial charge in [0.2, 0.25) is 0 Å². The van der Waals surface area contributed by atoms with Crippen LogP contribution in [-0.4, -0.2) is 0 Å². The summed E-state index contributed by atoms with van der Waals surface area (Å²) in [5.41, 5.74) is 0. The van der Waals surface area contributed by atoms with Crippen molar-refractivity contribution in [1.29, 1.82) is 0 Å². The summed E-state index contributed by atoms with van der Waals surface area (Å²) in [5.74, 6) is 0.995. The van der Waals surface area contributed by atoms with E-state index in [1.807, 2.05) is 12.1 Å². The standard InChI is InChI=1S/C10H16OS/c1-2-3-4-7-10(12)9-6-5-8-11-9/h5-6,8,10,12H,2-4,7H2,1H3. The van der Waals surface area contributed by atoms with Crippen molar-refractivity contribution in [1.82, 2.24) is 0 Å². The van der Waals surface area contributed by atoms with Gasteiger partial charge in [-0.1, -0.05) is 26.2 Å². The molecule has 0 N–H and O–H groups in total. The predicted molar refractivity (Wildman–Crippen MR) is 54.6 cm³/mol. The molecule has 0 aliphatic rings. The molecule has 1 aromatic rings. The first-order valence-electron chi connectivity index (χ1n) is 4.56. The lowest BCUT2D eigenvalue weighted by atomic mass is 10.1. The highest BCUT2D eigenvalue weighted by atomic mass is 32.1. The number of hydrogen-bond acceptors (Lipinski definition) is 2. The van der Waals surface area contributed by atoms with Gasteiger partial charge in [-0.2, -0.15) is 12.6 Å². The first-order valence-corrected chi connectivity index (χ1v) is 5.07. The highest BCUT2D eigenvalue weighted by Gasteiger charge is 2.07. The van der Waals surface area contributed by atoms with Crippen molar-refractivity contribution in [3.63, 3.8) is 0 Å². The summed E-state index contributed by atoms with van der Waals surface area (Å²) in [4.78, 5) is 0. The lowest BCUT2D eigenvalue weighted by Gasteiger charge is -2.05. The monoisotopic (exact) mass is 184 g/mol. The van der Waals surface area contributed by atoms with Crippen LogP contribution in [0.2, 0.25) is 0 Å². The minimum absolute atomic E-state index is 0.284. The van der Waals surface area contributed by atoms with Crippen LogP contribution in [0.4, 0.5) is 0 Å². The summed E-state index contributed by atoms with van der Waals surface area (Å²) < 4.78 is 5.25. The third-order valence-corrected chi connectivity index (χ3v) is 2.47. The number of thiol groups is 1. The molecule has 1 unspecified atom stereocenters. The van der Waals surface area contributed by atoms with E-state index in [1.54, 1.807) is 6.26 Å². The normalized spacial score (nSPS) is 13.2. The van der Waals surface area contributed by atoms with Crippen molar-refractivity contribution in [3.05, 3.63) is 24.2 Å². The van der Waals surface area contributed by atoms with Crippen molar-refractivity contribution >= 4 is 12.6 Å². The molecule has 0 aliphatic carbocycles. The van der Waals surface area contributed by atoms with E-state index < -0.39 is 0 Å². The maximum absolute atomic E-state index is 5.25. The van der Waals surface area contributed by atoms with Crippen molar-refractivity contribution in [2.45, 2.75) is 37.9 Å². The van der Waals surface area contributed by atoms with Gasteiger partial charge in [0.15, 0.2) is 0 Å². The molecule has 0 saturated heterocycles. The van der Waals surface area contributed by atoms with Crippen molar-refractivity contribution in [2.24, 2.45) is 0 Å². The molecule has 1 aromatic heterocycles. The molecule has 1 rings (SSSR count). The minimum atomic E-state index is 0.284. The Morgan fingerprint density at radius 2 is 2.33 bits per heavy atom. The van der Waals surface area contributed by atoms with E-state index in [-0.39, 0.29) is 5.25 Å². The molecule has 0 spiro atoms. The molecule has 0 bridgehead atoms. The van der Waals surface area contributed by atoms with Gasteiger partial charge in [0.1, 0.15) is 5.76 Å². The van der Waals surface area contributed by atoms with Gasteiger partial charge in [-0.3, -0.25) is 0 Å². The molecule has 1 nitrogen and oxygen atoms in total. The van der Waals surface area contributed by atoms with E-state index >= 15 is 0 Å². The Morgan fingerprint density at radius 3 is 2.92 bits per heavy atom. The van der Waals surface area contributed by atoms with E-state index in [0.29, 0.717) is 0 Å². The van der Waals surface area contributed by atoms with Gasteiger partial charge in [0.05, 0.1) is 11.5 Å². The lowest BCUT2D eigenvalue weighted by Crippen LogP contribution is -1.87. The Balaban J connectivity index is 2.25. The number of hydrogen-bond donors (Lipinski definition) is 1. The Bertz CT molecular complexity index is 194. The summed E-state index contributed by atoms with van der Waals surface area (Å²) in [6.07, 6.45) is 6.62. The summed E-state index contributed by atoms with van der Waals surface area (Å²) in [7, 11) is 0. The smallest absolute Gasteiger partial charge is 0.116 e. The highest BCUT2D eigenvalue weighted by Crippen LogP contribution is 2.25. The number of rotatable bonds is 5. The van der Waals surface area contributed by atoms with Crippen LogP contribution >= 0.6 is 12.6 Å². The average molecular weight is 184 g/mol. The second-order valence-corrected chi connectivity index (χ2v) is 3.65. The third kappa shape index (κ3) is 2.94. The van der Waals surface area contributed by atoms with Gasteiger partial charge in [0.25, 0.3) is 0 Å². The quantitative estimate of drug-likeness (QED) is 0.542. The zero-order chi connectivity index (χ0) is 8.81. The first kappa shape index (κ1) is 9.72. The fourth-order valence-corrected chi connectivity index (χ4v) is 1.54. The van der Waals surface area contributed by atoms with Crippen molar-refractivity contribution in [2.75, 3.05) is 0 Å².